The van der Waals surface area contributed by atoms with Crippen LogP contribution >= 0.6 is 0 Å². The molecule has 8 unspecified atom stereocenters. The average molecular weight is 901 g/mol. The topological polar surface area (TPSA) is 80.3 Å². The molecule has 1 heterocycles. The van der Waals surface area contributed by atoms with Gasteiger partial charge in [0.25, 0.3) is 0 Å². The molecule has 1 saturated heterocycles. The number of carbonyl (C=O) groups excluding carboxylic acids is 2. The minimum absolute atomic E-state index is 0.0750. The number of carbonyl (C=O) groups is 2. The zero-order valence-corrected chi connectivity index (χ0v) is 41.3. The van der Waals surface area contributed by atoms with Crippen molar-refractivity contribution in [2.45, 2.75) is 150 Å². The van der Waals surface area contributed by atoms with E-state index in [1.54, 1.807) is 29.8 Å². The monoisotopic (exact) mass is 901 g/mol. The molecule has 0 amide bonds. The van der Waals surface area contributed by atoms with E-state index in [2.05, 4.69) is 47.6 Å². The molecular formula is C59H80O7. The lowest BCUT2D eigenvalue weighted by molar-refractivity contribution is -0.150. The number of unbranched alkanes of at least 4 members (excludes halogenated alkanes) is 3. The summed E-state index contributed by atoms with van der Waals surface area (Å²) in [4.78, 5) is 26.5. The van der Waals surface area contributed by atoms with Crippen LogP contribution in [0.4, 0.5) is 0 Å². The van der Waals surface area contributed by atoms with E-state index >= 15 is 0 Å². The Kier molecular flexibility index (Phi) is 15.9. The van der Waals surface area contributed by atoms with E-state index in [4.69, 9.17) is 23.7 Å². The molecule has 5 aliphatic rings. The normalized spacial score (nSPS) is 28.0. The van der Waals surface area contributed by atoms with Gasteiger partial charge in [-0.05, 0) is 177 Å². The summed E-state index contributed by atoms with van der Waals surface area (Å²) in [7, 11) is 0. The smallest absolute Gasteiger partial charge is 0.343 e. The van der Waals surface area contributed by atoms with Crippen LogP contribution in [-0.2, 0) is 14.2 Å². The summed E-state index contributed by atoms with van der Waals surface area (Å²) in [6.45, 7) is 18.6. The Morgan fingerprint density at radius 2 is 1.38 bits per heavy atom. The van der Waals surface area contributed by atoms with Crippen molar-refractivity contribution in [3.8, 4) is 22.6 Å². The Morgan fingerprint density at radius 3 is 2.06 bits per heavy atom. The molecule has 8 rings (SSSR count). The molecule has 1 aliphatic heterocycles. The van der Waals surface area contributed by atoms with Crippen molar-refractivity contribution < 1.29 is 33.3 Å². The lowest BCUT2D eigenvalue weighted by Crippen LogP contribution is -2.51. The first kappa shape index (κ1) is 48.5. The number of allylic oxidation sites excluding steroid dienone is 1. The van der Waals surface area contributed by atoms with Crippen LogP contribution in [0.15, 0.2) is 84.4 Å². The molecule has 0 aromatic heterocycles. The second-order valence-corrected chi connectivity index (χ2v) is 22.2. The van der Waals surface area contributed by atoms with Gasteiger partial charge >= 0.3 is 11.9 Å². The Bertz CT molecular complexity index is 2080. The van der Waals surface area contributed by atoms with Gasteiger partial charge in [0.1, 0.15) is 17.6 Å². The molecule has 0 bridgehead atoms. The van der Waals surface area contributed by atoms with Gasteiger partial charge < -0.3 is 23.7 Å². The minimum Gasteiger partial charge on any atom is -0.494 e. The number of hydrogen-bond donors (Lipinski definition) is 0. The predicted molar refractivity (Wildman–Crippen MR) is 264 cm³/mol. The standard InChI is InChI=1S/C59H80O7/c1-7-59(39-63-40-59)38-62-35-10-8-9-11-36-64-48-24-21-46(22-25-48)55(60)65-49-26-19-44(20-27-49)43-15-17-45(18-16-43)56(61)66-50-31-33-57(5)47(37-50)23-28-51-53-30-29-52(42(4)14-12-13-41(2)3)58(53,6)34-32-54(51)57/h15-27,41-42,50-54H,7-14,28-40H2,1-6H3. The fraction of sp³-hybridized carbons (Fsp3) is 0.627. The highest BCUT2D eigenvalue weighted by Crippen LogP contribution is 2.67. The van der Waals surface area contributed by atoms with Gasteiger partial charge in [-0.25, -0.2) is 9.59 Å². The molecule has 3 aromatic carbocycles. The molecule has 358 valence electrons. The van der Waals surface area contributed by atoms with Crippen LogP contribution in [0.5, 0.6) is 11.5 Å². The average Bonchev–Trinajstić information content (AvgIpc) is 3.67. The molecule has 66 heavy (non-hydrogen) atoms. The second-order valence-electron chi connectivity index (χ2n) is 22.2. The molecule has 3 aromatic rings. The number of benzene rings is 3. The number of ether oxygens (including phenoxy) is 5. The predicted octanol–water partition coefficient (Wildman–Crippen LogP) is 14.5. The summed E-state index contributed by atoms with van der Waals surface area (Å²) in [6, 6.07) is 22.2. The Morgan fingerprint density at radius 1 is 0.712 bits per heavy atom. The number of fused-ring (bicyclic) bond motifs is 5. The number of hydrogen-bond acceptors (Lipinski definition) is 7. The van der Waals surface area contributed by atoms with Crippen LogP contribution in [-0.4, -0.2) is 51.1 Å². The van der Waals surface area contributed by atoms with Crippen molar-refractivity contribution in [2.24, 2.45) is 51.8 Å². The summed E-state index contributed by atoms with van der Waals surface area (Å²) in [6.07, 6.45) is 21.7. The van der Waals surface area contributed by atoms with Crippen molar-refractivity contribution in [1.29, 1.82) is 0 Å². The van der Waals surface area contributed by atoms with E-state index < -0.39 is 5.97 Å². The quantitative estimate of drug-likeness (QED) is 0.0456. The fourth-order valence-electron chi connectivity index (χ4n) is 13.3. The molecular weight excluding hydrogens is 821 g/mol. The maximum Gasteiger partial charge on any atom is 0.343 e. The minimum atomic E-state index is -0.419. The molecule has 8 atom stereocenters. The second kappa shape index (κ2) is 21.6. The molecule has 0 radical (unpaired) electrons. The lowest BCUT2D eigenvalue weighted by atomic mass is 9.47. The maximum absolute atomic E-state index is 13.5. The van der Waals surface area contributed by atoms with Crippen LogP contribution in [0.1, 0.15) is 165 Å². The van der Waals surface area contributed by atoms with Crippen molar-refractivity contribution >= 4 is 11.9 Å². The van der Waals surface area contributed by atoms with Gasteiger partial charge in [0.2, 0.25) is 0 Å². The van der Waals surface area contributed by atoms with Crippen LogP contribution in [0.2, 0.25) is 0 Å². The van der Waals surface area contributed by atoms with Crippen LogP contribution in [0.25, 0.3) is 11.1 Å². The van der Waals surface area contributed by atoms with Crippen molar-refractivity contribution in [1.82, 2.24) is 0 Å². The van der Waals surface area contributed by atoms with E-state index in [1.807, 2.05) is 48.5 Å². The molecule has 7 heteroatoms. The zero-order chi connectivity index (χ0) is 46.3. The highest BCUT2D eigenvalue weighted by atomic mass is 16.5. The van der Waals surface area contributed by atoms with E-state index in [9.17, 15) is 9.59 Å². The van der Waals surface area contributed by atoms with Gasteiger partial charge in [0.15, 0.2) is 0 Å². The van der Waals surface area contributed by atoms with Crippen molar-refractivity contribution in [2.75, 3.05) is 33.0 Å². The van der Waals surface area contributed by atoms with Crippen molar-refractivity contribution in [3.05, 3.63) is 95.6 Å². The largest absolute Gasteiger partial charge is 0.494 e. The SMILES string of the molecule is CCC1(COCCCCCCOc2ccc(C(=O)Oc3ccc(-c4ccc(C(=O)OC5CCC6(C)C(=CCC7C6CCC6(C)C(C(C)CCCC(C)C)CCC76)C5)cc4)cc3)cc2)COC1. The Hall–Kier alpha value is -3.94. The lowest BCUT2D eigenvalue weighted by Gasteiger charge is -2.58. The van der Waals surface area contributed by atoms with Gasteiger partial charge in [-0.1, -0.05) is 103 Å². The highest BCUT2D eigenvalue weighted by Gasteiger charge is 2.59. The number of rotatable bonds is 21. The van der Waals surface area contributed by atoms with Gasteiger partial charge in [0.05, 0.1) is 37.6 Å². The van der Waals surface area contributed by atoms with Crippen LogP contribution in [0.3, 0.4) is 0 Å². The fourth-order valence-corrected chi connectivity index (χ4v) is 13.3. The van der Waals surface area contributed by atoms with Gasteiger partial charge in [-0.2, -0.15) is 0 Å². The first-order chi connectivity index (χ1) is 31.9. The van der Waals surface area contributed by atoms with Crippen LogP contribution < -0.4 is 9.47 Å². The molecule has 3 saturated carbocycles. The molecule has 4 aliphatic carbocycles. The van der Waals surface area contributed by atoms with Gasteiger partial charge in [-0.3, -0.25) is 0 Å². The Labute approximate surface area is 397 Å². The summed E-state index contributed by atoms with van der Waals surface area (Å²) < 4.78 is 29.1. The third-order valence-corrected chi connectivity index (χ3v) is 17.6. The molecule has 4 fully saturated rings. The van der Waals surface area contributed by atoms with E-state index in [0.717, 1.165) is 130 Å². The first-order valence-electron chi connectivity index (χ1n) is 26.1. The number of esters is 2. The third-order valence-electron chi connectivity index (χ3n) is 17.6. The molecule has 0 spiro atoms. The molecule has 0 N–H and O–H groups in total. The summed E-state index contributed by atoms with van der Waals surface area (Å²) in [5.41, 5.74) is 5.50. The zero-order valence-electron chi connectivity index (χ0n) is 41.3. The third kappa shape index (κ3) is 11.0. The van der Waals surface area contributed by atoms with E-state index in [0.29, 0.717) is 28.9 Å². The maximum atomic E-state index is 13.5. The first-order valence-corrected chi connectivity index (χ1v) is 26.1. The van der Waals surface area contributed by atoms with E-state index in [1.165, 1.54) is 51.4 Å². The summed E-state index contributed by atoms with van der Waals surface area (Å²) in [5.74, 6) is 5.46. The van der Waals surface area contributed by atoms with E-state index in [-0.39, 0.29) is 22.9 Å². The highest BCUT2D eigenvalue weighted by molar-refractivity contribution is 5.91. The van der Waals surface area contributed by atoms with Gasteiger partial charge in [-0.15, -0.1) is 0 Å². The summed E-state index contributed by atoms with van der Waals surface area (Å²) >= 11 is 0. The molecule has 7 nitrogen and oxygen atoms in total. The van der Waals surface area contributed by atoms with Crippen molar-refractivity contribution in [3.63, 3.8) is 0 Å². The van der Waals surface area contributed by atoms with Gasteiger partial charge in [0, 0.05) is 18.4 Å². The summed E-state index contributed by atoms with van der Waals surface area (Å²) in [5, 5.41) is 0. The Balaban J connectivity index is 0.754. The van der Waals surface area contributed by atoms with Crippen LogP contribution in [0, 0.1) is 51.8 Å².